The largest absolute Gasteiger partial charge is 0.376 e. The quantitative estimate of drug-likeness (QED) is 0.836. The molecule has 0 aliphatic carbocycles. The first-order valence-corrected chi connectivity index (χ1v) is 6.42. The van der Waals surface area contributed by atoms with Crippen LogP contribution in [-0.4, -0.2) is 27.5 Å². The molecule has 2 aromatic rings. The van der Waals surface area contributed by atoms with Crippen LogP contribution < -0.4 is 0 Å². The van der Waals surface area contributed by atoms with E-state index in [1.807, 2.05) is 34.9 Å². The van der Waals surface area contributed by atoms with E-state index >= 15 is 0 Å². The summed E-state index contributed by atoms with van der Waals surface area (Å²) in [7, 11) is 0. The first kappa shape index (κ1) is 11.7. The maximum Gasteiger partial charge on any atom is 0.225 e. The lowest BCUT2D eigenvalue weighted by Gasteiger charge is -2.18. The topological polar surface area (TPSA) is 39.9 Å². The van der Waals surface area contributed by atoms with Gasteiger partial charge in [0.05, 0.1) is 12.1 Å². The van der Waals surface area contributed by atoms with Gasteiger partial charge in [-0.05, 0) is 24.9 Å². The van der Waals surface area contributed by atoms with E-state index in [0.717, 1.165) is 24.4 Å². The summed E-state index contributed by atoms with van der Waals surface area (Å²) < 4.78 is 7.58. The van der Waals surface area contributed by atoms with Gasteiger partial charge in [-0.25, -0.2) is 0 Å². The van der Waals surface area contributed by atoms with Gasteiger partial charge in [-0.2, -0.15) is 0 Å². The van der Waals surface area contributed by atoms with E-state index in [-0.39, 0.29) is 12.1 Å². The highest BCUT2D eigenvalue weighted by Gasteiger charge is 2.30. The summed E-state index contributed by atoms with van der Waals surface area (Å²) in [6, 6.07) is 10.2. The van der Waals surface area contributed by atoms with E-state index in [0.29, 0.717) is 5.28 Å². The highest BCUT2D eigenvalue weighted by atomic mass is 35.5. The summed E-state index contributed by atoms with van der Waals surface area (Å²) in [4.78, 5) is 0. The predicted molar refractivity (Wildman–Crippen MR) is 69.5 cm³/mol. The minimum atomic E-state index is 0.140. The second-order valence-corrected chi connectivity index (χ2v) is 4.80. The summed E-state index contributed by atoms with van der Waals surface area (Å²) in [5.74, 6) is 0.808. The minimum absolute atomic E-state index is 0.140. The Labute approximate surface area is 111 Å². The number of hydrogen-bond acceptors (Lipinski definition) is 3. The van der Waals surface area contributed by atoms with E-state index in [9.17, 15) is 0 Å². The summed E-state index contributed by atoms with van der Waals surface area (Å²) in [5, 5.41) is 8.61. The van der Waals surface area contributed by atoms with Crippen molar-refractivity contribution in [2.24, 2.45) is 0 Å². The molecule has 0 saturated carbocycles. The van der Waals surface area contributed by atoms with Crippen molar-refractivity contribution in [3.63, 3.8) is 0 Å². The molecular formula is C13H14ClN3O. The molecular weight excluding hydrogens is 250 g/mol. The fourth-order valence-electron chi connectivity index (χ4n) is 2.41. The monoisotopic (exact) mass is 263 g/mol. The van der Waals surface area contributed by atoms with E-state index in [2.05, 4.69) is 17.1 Å². The first-order chi connectivity index (χ1) is 8.77. The zero-order chi connectivity index (χ0) is 12.5. The summed E-state index contributed by atoms with van der Waals surface area (Å²) in [6.45, 7) is 2.82. The standard InChI is InChI=1S/C13H14ClN3O/c1-9-11(7-8-18-9)17-12(15-16-13(17)14)10-5-3-2-4-6-10/h2-6,9,11H,7-8H2,1H3. The molecule has 3 rings (SSSR count). The van der Waals surface area contributed by atoms with Crippen molar-refractivity contribution in [3.8, 4) is 11.4 Å². The van der Waals surface area contributed by atoms with Gasteiger partial charge in [-0.1, -0.05) is 30.3 Å². The highest BCUT2D eigenvalue weighted by molar-refractivity contribution is 6.28. The number of hydrogen-bond donors (Lipinski definition) is 0. The third-order valence-corrected chi connectivity index (χ3v) is 3.61. The lowest BCUT2D eigenvalue weighted by molar-refractivity contribution is 0.108. The molecule has 1 aliphatic heterocycles. The van der Waals surface area contributed by atoms with Gasteiger partial charge in [0.1, 0.15) is 0 Å². The zero-order valence-corrected chi connectivity index (χ0v) is 10.8. The van der Waals surface area contributed by atoms with Gasteiger partial charge in [-0.3, -0.25) is 4.57 Å². The van der Waals surface area contributed by atoms with E-state index < -0.39 is 0 Å². The van der Waals surface area contributed by atoms with E-state index in [1.54, 1.807) is 0 Å². The number of benzene rings is 1. The molecule has 5 heteroatoms. The Morgan fingerprint density at radius 1 is 1.28 bits per heavy atom. The first-order valence-electron chi connectivity index (χ1n) is 6.05. The van der Waals surface area contributed by atoms with Crippen molar-refractivity contribution in [2.75, 3.05) is 6.61 Å². The normalized spacial score (nSPS) is 23.4. The lowest BCUT2D eigenvalue weighted by atomic mass is 10.1. The average molecular weight is 264 g/mol. The molecule has 2 unspecified atom stereocenters. The molecule has 1 aromatic heterocycles. The Kier molecular flexibility index (Phi) is 3.06. The zero-order valence-electron chi connectivity index (χ0n) is 10.1. The molecule has 1 aliphatic rings. The van der Waals surface area contributed by atoms with Crippen molar-refractivity contribution >= 4 is 11.6 Å². The molecule has 0 bridgehead atoms. The van der Waals surface area contributed by atoms with Crippen LogP contribution in [0.1, 0.15) is 19.4 Å². The Bertz CT molecular complexity index is 540. The maximum atomic E-state index is 6.17. The Balaban J connectivity index is 2.07. The Hall–Kier alpha value is -1.39. The average Bonchev–Trinajstić information content (AvgIpc) is 2.96. The molecule has 0 N–H and O–H groups in total. The molecule has 0 spiro atoms. The third kappa shape index (κ3) is 1.91. The van der Waals surface area contributed by atoms with Crippen LogP contribution in [0.4, 0.5) is 0 Å². The molecule has 1 aromatic carbocycles. The van der Waals surface area contributed by atoms with E-state index in [4.69, 9.17) is 16.3 Å². The van der Waals surface area contributed by atoms with Gasteiger partial charge in [0.2, 0.25) is 5.28 Å². The SMILES string of the molecule is CC1OCCC1n1c(Cl)nnc1-c1ccccc1. The summed E-state index contributed by atoms with van der Waals surface area (Å²) in [6.07, 6.45) is 1.08. The van der Waals surface area contributed by atoms with Crippen LogP contribution in [0.5, 0.6) is 0 Å². The summed E-state index contributed by atoms with van der Waals surface area (Å²) >= 11 is 6.17. The maximum absolute atomic E-state index is 6.17. The molecule has 18 heavy (non-hydrogen) atoms. The van der Waals surface area contributed by atoms with Crippen LogP contribution in [-0.2, 0) is 4.74 Å². The van der Waals surface area contributed by atoms with E-state index in [1.165, 1.54) is 0 Å². The number of aromatic nitrogens is 3. The molecule has 2 heterocycles. The Morgan fingerprint density at radius 3 is 2.72 bits per heavy atom. The Morgan fingerprint density at radius 2 is 2.06 bits per heavy atom. The van der Waals surface area contributed by atoms with Crippen LogP contribution in [0.3, 0.4) is 0 Å². The molecule has 0 amide bonds. The molecule has 0 radical (unpaired) electrons. The van der Waals surface area contributed by atoms with Gasteiger partial charge < -0.3 is 4.74 Å². The summed E-state index contributed by atoms with van der Waals surface area (Å²) in [5.41, 5.74) is 1.02. The van der Waals surface area contributed by atoms with Crippen LogP contribution in [0, 0.1) is 0 Å². The molecule has 2 atom stereocenters. The van der Waals surface area contributed by atoms with Gasteiger partial charge in [-0.15, -0.1) is 10.2 Å². The van der Waals surface area contributed by atoms with Crippen LogP contribution in [0.2, 0.25) is 5.28 Å². The number of halogens is 1. The second kappa shape index (κ2) is 4.71. The second-order valence-electron chi connectivity index (χ2n) is 4.46. The lowest BCUT2D eigenvalue weighted by Crippen LogP contribution is -2.18. The van der Waals surface area contributed by atoms with Crippen molar-refractivity contribution in [3.05, 3.63) is 35.6 Å². The highest BCUT2D eigenvalue weighted by Crippen LogP contribution is 2.32. The fourth-order valence-corrected chi connectivity index (χ4v) is 2.65. The van der Waals surface area contributed by atoms with Gasteiger partial charge in [0, 0.05) is 12.2 Å². The van der Waals surface area contributed by atoms with Crippen molar-refractivity contribution < 1.29 is 4.74 Å². The molecule has 1 saturated heterocycles. The van der Waals surface area contributed by atoms with Gasteiger partial charge in [0.15, 0.2) is 5.82 Å². The predicted octanol–water partition coefficient (Wildman–Crippen LogP) is 2.95. The molecule has 4 nitrogen and oxygen atoms in total. The third-order valence-electron chi connectivity index (χ3n) is 3.35. The number of nitrogens with zero attached hydrogens (tertiary/aromatic N) is 3. The van der Waals surface area contributed by atoms with Crippen molar-refractivity contribution in [1.29, 1.82) is 0 Å². The number of ether oxygens (including phenoxy) is 1. The fraction of sp³-hybridized carbons (Fsp3) is 0.385. The minimum Gasteiger partial charge on any atom is -0.376 e. The number of rotatable bonds is 2. The van der Waals surface area contributed by atoms with Gasteiger partial charge >= 0.3 is 0 Å². The molecule has 94 valence electrons. The van der Waals surface area contributed by atoms with Gasteiger partial charge in [0.25, 0.3) is 0 Å². The van der Waals surface area contributed by atoms with Crippen LogP contribution >= 0.6 is 11.6 Å². The van der Waals surface area contributed by atoms with Crippen molar-refractivity contribution in [1.82, 2.24) is 14.8 Å². The van der Waals surface area contributed by atoms with Crippen LogP contribution in [0.25, 0.3) is 11.4 Å². The van der Waals surface area contributed by atoms with Crippen molar-refractivity contribution in [2.45, 2.75) is 25.5 Å². The van der Waals surface area contributed by atoms with Crippen LogP contribution in [0.15, 0.2) is 30.3 Å². The smallest absolute Gasteiger partial charge is 0.225 e. The molecule has 1 fully saturated rings.